The van der Waals surface area contributed by atoms with Gasteiger partial charge in [-0.15, -0.1) is 0 Å². The summed E-state index contributed by atoms with van der Waals surface area (Å²) in [5.74, 6) is 0. The molecule has 0 saturated carbocycles. The van der Waals surface area contributed by atoms with Crippen molar-refractivity contribution in [3.8, 4) is 0 Å². The van der Waals surface area contributed by atoms with E-state index in [9.17, 15) is 8.42 Å². The summed E-state index contributed by atoms with van der Waals surface area (Å²) in [6.45, 7) is 0. The Bertz CT molecular complexity index is 364. The first kappa shape index (κ1) is 13.4. The van der Waals surface area contributed by atoms with E-state index in [4.69, 9.17) is 57.3 Å². The van der Waals surface area contributed by atoms with E-state index in [2.05, 4.69) is 0 Å². The number of hydrogen-bond donors (Lipinski definition) is 2. The Balaban J connectivity index is 5.66. The van der Waals surface area contributed by atoms with Crippen LogP contribution in [0.2, 0.25) is 0 Å². The van der Waals surface area contributed by atoms with E-state index >= 15 is 0 Å². The lowest BCUT2D eigenvalue weighted by molar-refractivity contribution is 0.604. The van der Waals surface area contributed by atoms with Gasteiger partial charge in [0.05, 0.1) is 5.03 Å². The van der Waals surface area contributed by atoms with Gasteiger partial charge < -0.3 is 5.73 Å². The largest absolute Gasteiger partial charge is 0.388 e. The van der Waals surface area contributed by atoms with Crippen LogP contribution < -0.4 is 10.9 Å². The van der Waals surface area contributed by atoms with Gasteiger partial charge in [-0.2, -0.15) is 0 Å². The fourth-order valence-electron chi connectivity index (χ4n) is 0.451. The van der Waals surface area contributed by atoms with Crippen LogP contribution in [0.1, 0.15) is 0 Å². The third-order valence-electron chi connectivity index (χ3n) is 0.867. The predicted octanol–water partition coefficient (Wildman–Crippen LogP) is 1.53. The number of halogens is 4. The van der Waals surface area contributed by atoms with Gasteiger partial charge in [-0.25, -0.2) is 13.6 Å². The molecule has 4 N–H and O–H groups in total. The Labute approximate surface area is 95.1 Å². The zero-order valence-corrected chi connectivity index (χ0v) is 9.73. The highest BCUT2D eigenvalue weighted by Gasteiger charge is 2.21. The summed E-state index contributed by atoms with van der Waals surface area (Å²) in [7, 11) is -4.14. The molecule has 0 heterocycles. The van der Waals surface area contributed by atoms with Gasteiger partial charge in [0.1, 0.15) is 14.6 Å². The van der Waals surface area contributed by atoms with Gasteiger partial charge in [0, 0.05) is 0 Å². The minimum absolute atomic E-state index is 0.491. The smallest absolute Gasteiger partial charge is 0.242 e. The molecule has 0 aliphatic rings. The topological polar surface area (TPSA) is 86.2 Å². The molecule has 13 heavy (non-hydrogen) atoms. The highest BCUT2D eigenvalue weighted by Crippen LogP contribution is 2.29. The van der Waals surface area contributed by atoms with E-state index in [1.165, 1.54) is 0 Å². The molecule has 9 heteroatoms. The van der Waals surface area contributed by atoms with Crippen molar-refractivity contribution in [1.82, 2.24) is 0 Å². The van der Waals surface area contributed by atoms with Gasteiger partial charge in [0.2, 0.25) is 10.0 Å². The summed E-state index contributed by atoms with van der Waals surface area (Å²) >= 11 is 21.1. The van der Waals surface area contributed by atoms with Crippen molar-refractivity contribution in [3.05, 3.63) is 19.6 Å². The normalized spacial score (nSPS) is 13.6. The van der Waals surface area contributed by atoms with Crippen LogP contribution in [-0.2, 0) is 10.0 Å². The second kappa shape index (κ2) is 4.72. The Morgan fingerprint density at radius 2 is 1.46 bits per heavy atom. The first-order chi connectivity index (χ1) is 5.68. The summed E-state index contributed by atoms with van der Waals surface area (Å²) < 4.78 is 21.2. The van der Waals surface area contributed by atoms with E-state index in [1.807, 2.05) is 0 Å². The first-order valence-corrected chi connectivity index (χ1v) is 5.63. The molecule has 0 aliphatic carbocycles. The maximum Gasteiger partial charge on any atom is 0.242 e. The minimum Gasteiger partial charge on any atom is -0.388 e. The Morgan fingerprint density at radius 1 is 1.08 bits per heavy atom. The predicted molar refractivity (Wildman–Crippen MR) is 54.8 cm³/mol. The highest BCUT2D eigenvalue weighted by molar-refractivity contribution is 7.93. The second-order valence-corrected chi connectivity index (χ2v) is 5.03. The van der Waals surface area contributed by atoms with E-state index in [0.29, 0.717) is 0 Å². The number of allylic oxidation sites excluding steroid dienone is 1. The molecule has 0 aromatic carbocycles. The van der Waals surface area contributed by atoms with E-state index in [0.717, 1.165) is 0 Å². The fourth-order valence-corrected chi connectivity index (χ4v) is 2.27. The quantitative estimate of drug-likeness (QED) is 0.596. The molecule has 0 aromatic heterocycles. The minimum atomic E-state index is -4.14. The van der Waals surface area contributed by atoms with Crippen LogP contribution in [0.25, 0.3) is 0 Å². The molecule has 0 rings (SSSR count). The van der Waals surface area contributed by atoms with Crippen LogP contribution in [0.15, 0.2) is 19.6 Å². The molecular weight excluding hydrogens is 282 g/mol. The van der Waals surface area contributed by atoms with Gasteiger partial charge in [-0.05, 0) is 0 Å². The summed E-state index contributed by atoms with van der Waals surface area (Å²) in [5, 5.41) is 3.61. The van der Waals surface area contributed by atoms with Gasteiger partial charge in [0.25, 0.3) is 0 Å². The van der Waals surface area contributed by atoms with Crippen LogP contribution in [0.3, 0.4) is 0 Å². The number of primary sulfonamides is 1. The molecule has 76 valence electrons. The average molecular weight is 286 g/mol. The maximum absolute atomic E-state index is 10.8. The Hall–Kier alpha value is 0.350. The average Bonchev–Trinajstić information content (AvgIpc) is 1.82. The van der Waals surface area contributed by atoms with Gasteiger partial charge in [-0.1, -0.05) is 46.4 Å². The Morgan fingerprint density at radius 3 is 1.54 bits per heavy atom. The van der Waals surface area contributed by atoms with Crippen molar-refractivity contribution < 1.29 is 8.42 Å². The summed E-state index contributed by atoms with van der Waals surface area (Å²) in [4.78, 5) is -0.698. The van der Waals surface area contributed by atoms with Gasteiger partial charge >= 0.3 is 0 Å². The van der Waals surface area contributed by atoms with Crippen molar-refractivity contribution in [2.24, 2.45) is 10.9 Å². The molecular formula is C4H4Cl4N2O2S. The van der Waals surface area contributed by atoms with Crippen molar-refractivity contribution in [1.29, 1.82) is 0 Å². The zero-order valence-electron chi connectivity index (χ0n) is 5.89. The van der Waals surface area contributed by atoms with E-state index in [-0.39, 0.29) is 0 Å². The summed E-state index contributed by atoms with van der Waals surface area (Å²) in [5.41, 5.74) is 5.01. The molecule has 0 radical (unpaired) electrons. The summed E-state index contributed by atoms with van der Waals surface area (Å²) in [6.07, 6.45) is 0. The summed E-state index contributed by atoms with van der Waals surface area (Å²) in [6, 6.07) is 0. The van der Waals surface area contributed by atoms with Crippen molar-refractivity contribution in [2.75, 3.05) is 0 Å². The highest BCUT2D eigenvalue weighted by atomic mass is 35.5. The Kier molecular flexibility index (Phi) is 4.85. The van der Waals surface area contributed by atoms with Crippen molar-refractivity contribution in [2.45, 2.75) is 0 Å². The van der Waals surface area contributed by atoms with E-state index < -0.39 is 29.6 Å². The molecule has 0 fully saturated rings. The van der Waals surface area contributed by atoms with Crippen LogP contribution in [0.4, 0.5) is 0 Å². The molecule has 0 spiro atoms. The third kappa shape index (κ3) is 3.93. The molecule has 0 aliphatic heterocycles. The third-order valence-corrected chi connectivity index (χ3v) is 3.22. The molecule has 0 atom stereocenters. The zero-order chi connectivity index (χ0) is 10.8. The molecule has 0 unspecified atom stereocenters. The second-order valence-electron chi connectivity index (χ2n) is 1.80. The molecule has 0 saturated heterocycles. The lowest BCUT2D eigenvalue weighted by Gasteiger charge is -2.03. The monoisotopic (exact) mass is 284 g/mol. The number of sulfonamides is 1. The molecule has 0 bridgehead atoms. The first-order valence-electron chi connectivity index (χ1n) is 2.57. The van der Waals surface area contributed by atoms with Crippen LogP contribution in [-0.4, -0.2) is 8.42 Å². The molecule has 0 amide bonds. The lowest BCUT2D eigenvalue weighted by Crippen LogP contribution is -2.18. The van der Waals surface area contributed by atoms with Crippen LogP contribution >= 0.6 is 46.4 Å². The van der Waals surface area contributed by atoms with Crippen molar-refractivity contribution in [3.63, 3.8) is 0 Å². The lowest BCUT2D eigenvalue weighted by atomic mass is 10.6. The van der Waals surface area contributed by atoms with Gasteiger partial charge in [-0.3, -0.25) is 0 Å². The maximum atomic E-state index is 10.8. The SMILES string of the molecule is N/C(Cl)=C(/C(Cl)=C(Cl)Cl)S(N)(=O)=O. The van der Waals surface area contributed by atoms with Crippen LogP contribution in [0.5, 0.6) is 0 Å². The van der Waals surface area contributed by atoms with Crippen molar-refractivity contribution >= 4 is 56.4 Å². The van der Waals surface area contributed by atoms with Crippen LogP contribution in [0, 0.1) is 0 Å². The standard InChI is InChI=1S/C4H4Cl4N2O2S/c5-1(3(6)7)2(4(8)9)13(10,11)12/h9H2,(H2,10,11,12)/b4-2-. The van der Waals surface area contributed by atoms with Gasteiger partial charge in [0.15, 0.2) is 0 Å². The van der Waals surface area contributed by atoms with E-state index in [1.54, 1.807) is 0 Å². The number of rotatable bonds is 2. The number of nitrogens with two attached hydrogens (primary N) is 2. The molecule has 0 aromatic rings. The fraction of sp³-hybridized carbons (Fsp3) is 0. The number of hydrogen-bond acceptors (Lipinski definition) is 3. The molecule has 4 nitrogen and oxygen atoms in total.